The van der Waals surface area contributed by atoms with Crippen LogP contribution in [0.1, 0.15) is 36.4 Å². The lowest BCUT2D eigenvalue weighted by Crippen LogP contribution is -2.23. The number of carbonyl (C=O) groups is 1. The molecule has 162 valence electrons. The zero-order valence-electron chi connectivity index (χ0n) is 17.3. The minimum Gasteiger partial charge on any atom is -0.490 e. The van der Waals surface area contributed by atoms with Crippen LogP contribution in [0.25, 0.3) is 6.08 Å². The zero-order valence-corrected chi connectivity index (χ0v) is 17.3. The SMILES string of the molecule is COC(=O)/C=C\c1ccc(N2CCC[C@H]2c2ccc3c(c2)OCCCO3)c([N+](=O)[O-])c1. The first-order valence-electron chi connectivity index (χ1n) is 10.3. The molecule has 8 nitrogen and oxygen atoms in total. The van der Waals surface area contributed by atoms with Crippen LogP contribution in [-0.4, -0.2) is 37.8 Å². The van der Waals surface area contributed by atoms with Crippen LogP contribution >= 0.6 is 0 Å². The number of carbonyl (C=O) groups excluding carboxylic acids is 1. The van der Waals surface area contributed by atoms with E-state index in [2.05, 4.69) is 9.64 Å². The van der Waals surface area contributed by atoms with Crippen molar-refractivity contribution in [3.8, 4) is 11.5 Å². The van der Waals surface area contributed by atoms with Crippen LogP contribution in [0.15, 0.2) is 42.5 Å². The van der Waals surface area contributed by atoms with Gasteiger partial charge in [0, 0.05) is 25.1 Å². The Bertz CT molecular complexity index is 1020. The van der Waals surface area contributed by atoms with Crippen molar-refractivity contribution in [3.05, 3.63) is 63.7 Å². The first-order chi connectivity index (χ1) is 15.1. The number of methoxy groups -OCH3 is 1. The number of hydrogen-bond acceptors (Lipinski definition) is 7. The van der Waals surface area contributed by atoms with Crippen molar-refractivity contribution >= 4 is 23.4 Å². The Balaban J connectivity index is 1.65. The molecular weight excluding hydrogens is 400 g/mol. The van der Waals surface area contributed by atoms with Crippen LogP contribution in [0.4, 0.5) is 11.4 Å². The average molecular weight is 424 g/mol. The Morgan fingerprint density at radius 2 is 1.97 bits per heavy atom. The number of fused-ring (bicyclic) bond motifs is 1. The molecule has 2 aliphatic heterocycles. The molecule has 0 N–H and O–H groups in total. The Hall–Kier alpha value is -3.55. The molecule has 0 spiro atoms. The van der Waals surface area contributed by atoms with Crippen molar-refractivity contribution in [1.82, 2.24) is 0 Å². The molecule has 0 aliphatic carbocycles. The summed E-state index contributed by atoms with van der Waals surface area (Å²) < 4.78 is 16.1. The van der Waals surface area contributed by atoms with Crippen molar-refractivity contribution in [1.29, 1.82) is 0 Å². The predicted octanol–water partition coefficient (Wildman–Crippen LogP) is 4.28. The van der Waals surface area contributed by atoms with Gasteiger partial charge >= 0.3 is 5.97 Å². The molecule has 4 rings (SSSR count). The molecule has 8 heteroatoms. The fraction of sp³-hybridized carbons (Fsp3) is 0.348. The van der Waals surface area contributed by atoms with E-state index in [1.54, 1.807) is 12.1 Å². The van der Waals surface area contributed by atoms with E-state index in [0.717, 1.165) is 42.9 Å². The number of ether oxygens (including phenoxy) is 3. The zero-order chi connectivity index (χ0) is 21.8. The molecule has 0 bridgehead atoms. The monoisotopic (exact) mass is 424 g/mol. The van der Waals surface area contributed by atoms with Gasteiger partial charge in [0.05, 0.1) is 31.3 Å². The quantitative estimate of drug-likeness (QED) is 0.306. The van der Waals surface area contributed by atoms with E-state index >= 15 is 0 Å². The standard InChI is InChI=1S/C23H24N2O6/c1-29-23(26)10-6-16-5-8-19(20(14-16)25(27)28)24-11-2-4-18(24)17-7-9-21-22(15-17)31-13-3-12-30-21/h5-10,14-15,18H,2-4,11-13H2,1H3/b10-6-/t18-/m0/s1. The smallest absolute Gasteiger partial charge is 0.330 e. The summed E-state index contributed by atoms with van der Waals surface area (Å²) in [5.74, 6) is 0.943. The second-order valence-corrected chi connectivity index (χ2v) is 7.47. The third-order valence-electron chi connectivity index (χ3n) is 5.53. The normalized spacial score (nSPS) is 18.1. The number of nitrogens with zero attached hydrogens (tertiary/aromatic N) is 2. The second-order valence-electron chi connectivity index (χ2n) is 7.47. The predicted molar refractivity (Wildman–Crippen MR) is 116 cm³/mol. The highest BCUT2D eigenvalue weighted by Crippen LogP contribution is 2.43. The van der Waals surface area contributed by atoms with E-state index in [9.17, 15) is 14.9 Å². The largest absolute Gasteiger partial charge is 0.490 e. The van der Waals surface area contributed by atoms with Crippen molar-refractivity contribution in [2.75, 3.05) is 31.8 Å². The van der Waals surface area contributed by atoms with Gasteiger partial charge in [-0.15, -0.1) is 0 Å². The van der Waals surface area contributed by atoms with Crippen LogP contribution in [0.3, 0.4) is 0 Å². The molecule has 0 unspecified atom stereocenters. The number of esters is 1. The van der Waals surface area contributed by atoms with Crippen molar-refractivity contribution < 1.29 is 23.9 Å². The Morgan fingerprint density at radius 1 is 1.16 bits per heavy atom. The second kappa shape index (κ2) is 9.07. The van der Waals surface area contributed by atoms with Gasteiger partial charge in [-0.1, -0.05) is 12.1 Å². The number of benzene rings is 2. The molecule has 0 amide bonds. The van der Waals surface area contributed by atoms with Gasteiger partial charge < -0.3 is 19.1 Å². The van der Waals surface area contributed by atoms with Crippen molar-refractivity contribution in [2.45, 2.75) is 25.3 Å². The molecule has 2 heterocycles. The summed E-state index contributed by atoms with van der Waals surface area (Å²) in [6.45, 7) is 1.96. The average Bonchev–Trinajstić information content (AvgIpc) is 3.15. The Labute approximate surface area is 180 Å². The van der Waals surface area contributed by atoms with Gasteiger partial charge in [-0.3, -0.25) is 10.1 Å². The highest BCUT2D eigenvalue weighted by atomic mass is 16.6. The van der Waals surface area contributed by atoms with E-state index in [4.69, 9.17) is 9.47 Å². The van der Waals surface area contributed by atoms with Gasteiger partial charge in [-0.2, -0.15) is 0 Å². The van der Waals surface area contributed by atoms with Gasteiger partial charge in [-0.25, -0.2) is 4.79 Å². The maximum atomic E-state index is 11.8. The van der Waals surface area contributed by atoms with E-state index in [0.29, 0.717) is 24.5 Å². The van der Waals surface area contributed by atoms with E-state index in [1.807, 2.05) is 18.2 Å². The first-order valence-corrected chi connectivity index (χ1v) is 10.3. The maximum absolute atomic E-state index is 11.8. The van der Waals surface area contributed by atoms with E-state index in [-0.39, 0.29) is 16.7 Å². The van der Waals surface area contributed by atoms with Crippen LogP contribution in [-0.2, 0) is 9.53 Å². The van der Waals surface area contributed by atoms with Crippen LogP contribution in [0.2, 0.25) is 0 Å². The lowest BCUT2D eigenvalue weighted by molar-refractivity contribution is -0.384. The van der Waals surface area contributed by atoms with Gasteiger partial charge in [0.15, 0.2) is 11.5 Å². The summed E-state index contributed by atoms with van der Waals surface area (Å²) in [6, 6.07) is 10.9. The van der Waals surface area contributed by atoms with Crippen molar-refractivity contribution in [3.63, 3.8) is 0 Å². The third-order valence-corrected chi connectivity index (χ3v) is 5.53. The summed E-state index contributed by atoms with van der Waals surface area (Å²) >= 11 is 0. The Kier molecular flexibility index (Phi) is 6.06. The number of nitro benzene ring substituents is 1. The number of hydrogen-bond donors (Lipinski definition) is 0. The molecule has 0 radical (unpaired) electrons. The summed E-state index contributed by atoms with van der Waals surface area (Å²) in [5.41, 5.74) is 2.18. The summed E-state index contributed by atoms with van der Waals surface area (Å²) in [6.07, 6.45) is 5.41. The number of nitro groups is 1. The molecule has 0 saturated carbocycles. The minimum absolute atomic E-state index is 0.00677. The number of anilines is 1. The lowest BCUT2D eigenvalue weighted by Gasteiger charge is -2.27. The number of rotatable bonds is 5. The maximum Gasteiger partial charge on any atom is 0.330 e. The van der Waals surface area contributed by atoms with Crippen LogP contribution in [0.5, 0.6) is 11.5 Å². The van der Waals surface area contributed by atoms with Crippen LogP contribution in [0, 0.1) is 10.1 Å². The topological polar surface area (TPSA) is 91.1 Å². The third kappa shape index (κ3) is 4.47. The van der Waals surface area contributed by atoms with Gasteiger partial charge in [0.1, 0.15) is 5.69 Å². The van der Waals surface area contributed by atoms with E-state index in [1.165, 1.54) is 25.3 Å². The molecule has 0 aromatic heterocycles. The van der Waals surface area contributed by atoms with Gasteiger partial charge in [-0.05, 0) is 48.2 Å². The molecule has 2 aliphatic rings. The van der Waals surface area contributed by atoms with Gasteiger partial charge in [0.25, 0.3) is 5.69 Å². The first kappa shape index (κ1) is 20.7. The lowest BCUT2D eigenvalue weighted by atomic mass is 10.0. The summed E-state index contributed by atoms with van der Waals surface area (Å²) in [4.78, 5) is 24.9. The summed E-state index contributed by atoms with van der Waals surface area (Å²) in [5, 5.41) is 11.8. The minimum atomic E-state index is -0.513. The van der Waals surface area contributed by atoms with Crippen LogP contribution < -0.4 is 14.4 Å². The summed E-state index contributed by atoms with van der Waals surface area (Å²) in [7, 11) is 1.28. The molecule has 1 atom stereocenters. The highest BCUT2D eigenvalue weighted by Gasteiger charge is 2.31. The molecule has 2 aromatic carbocycles. The Morgan fingerprint density at radius 3 is 2.74 bits per heavy atom. The molecule has 2 aromatic rings. The van der Waals surface area contributed by atoms with Crippen molar-refractivity contribution in [2.24, 2.45) is 0 Å². The molecule has 1 saturated heterocycles. The highest BCUT2D eigenvalue weighted by molar-refractivity contribution is 5.87. The molecule has 31 heavy (non-hydrogen) atoms. The van der Waals surface area contributed by atoms with E-state index < -0.39 is 5.97 Å². The van der Waals surface area contributed by atoms with Gasteiger partial charge in [0.2, 0.25) is 0 Å². The molecular formula is C23H24N2O6. The molecule has 1 fully saturated rings. The fourth-order valence-electron chi connectivity index (χ4n) is 4.05. The fourth-order valence-corrected chi connectivity index (χ4v) is 4.05.